The minimum absolute atomic E-state index is 0.0273. The largest absolute Gasteiger partial charge is 0.490 e. The van der Waals surface area contributed by atoms with Crippen LogP contribution in [0.1, 0.15) is 31.4 Å². The van der Waals surface area contributed by atoms with E-state index >= 15 is 0 Å². The summed E-state index contributed by atoms with van der Waals surface area (Å²) < 4.78 is 11.2. The molecule has 0 aliphatic carbocycles. The lowest BCUT2D eigenvalue weighted by Gasteiger charge is -2.20. The molecule has 1 aliphatic rings. The zero-order valence-corrected chi connectivity index (χ0v) is 17.5. The summed E-state index contributed by atoms with van der Waals surface area (Å²) in [5, 5.41) is 2.92. The van der Waals surface area contributed by atoms with Crippen LogP contribution in [0.25, 0.3) is 0 Å². The second kappa shape index (κ2) is 8.99. The van der Waals surface area contributed by atoms with Crippen molar-refractivity contribution in [2.24, 2.45) is 5.92 Å². The number of benzene rings is 2. The van der Waals surface area contributed by atoms with Gasteiger partial charge in [-0.05, 0) is 57.0 Å². The SMILES string of the molecule is CCOc1ccc(NC(=O)C2CC(=O)N(c3cccc(C)c3C)C2)cc1OCC. The highest BCUT2D eigenvalue weighted by atomic mass is 16.5. The van der Waals surface area contributed by atoms with Crippen LogP contribution < -0.4 is 19.7 Å². The summed E-state index contributed by atoms with van der Waals surface area (Å²) in [5.74, 6) is 0.638. The lowest BCUT2D eigenvalue weighted by molar-refractivity contribution is -0.122. The molecule has 2 amide bonds. The van der Waals surface area contributed by atoms with E-state index in [4.69, 9.17) is 9.47 Å². The quantitative estimate of drug-likeness (QED) is 0.765. The number of carbonyl (C=O) groups is 2. The minimum atomic E-state index is -0.399. The van der Waals surface area contributed by atoms with Gasteiger partial charge in [0.1, 0.15) is 0 Å². The minimum Gasteiger partial charge on any atom is -0.490 e. The normalized spacial score (nSPS) is 16.1. The molecule has 3 rings (SSSR count). The fourth-order valence-electron chi connectivity index (χ4n) is 3.52. The maximum Gasteiger partial charge on any atom is 0.229 e. The second-order valence-electron chi connectivity index (χ2n) is 7.14. The molecule has 0 spiro atoms. The summed E-state index contributed by atoms with van der Waals surface area (Å²) in [6.45, 7) is 9.23. The Balaban J connectivity index is 1.72. The first-order valence-corrected chi connectivity index (χ1v) is 10.0. The molecule has 0 saturated carbocycles. The number of hydrogen-bond acceptors (Lipinski definition) is 4. The zero-order valence-electron chi connectivity index (χ0n) is 17.5. The molecule has 0 aromatic heterocycles. The van der Waals surface area contributed by atoms with Crippen LogP contribution in [0.2, 0.25) is 0 Å². The van der Waals surface area contributed by atoms with Crippen LogP contribution in [0.5, 0.6) is 11.5 Å². The van der Waals surface area contributed by atoms with Gasteiger partial charge < -0.3 is 19.7 Å². The molecule has 0 radical (unpaired) electrons. The molecule has 1 heterocycles. The van der Waals surface area contributed by atoms with Crippen molar-refractivity contribution in [2.75, 3.05) is 30.0 Å². The number of nitrogens with zero attached hydrogens (tertiary/aromatic N) is 1. The first-order valence-electron chi connectivity index (χ1n) is 10.0. The molecule has 6 nitrogen and oxygen atoms in total. The van der Waals surface area contributed by atoms with Gasteiger partial charge in [-0.25, -0.2) is 0 Å². The molecule has 1 unspecified atom stereocenters. The molecule has 1 atom stereocenters. The van der Waals surface area contributed by atoms with Crippen LogP contribution in [0.3, 0.4) is 0 Å². The zero-order chi connectivity index (χ0) is 21.0. The van der Waals surface area contributed by atoms with Crippen LogP contribution in [-0.4, -0.2) is 31.6 Å². The van der Waals surface area contributed by atoms with E-state index in [1.54, 1.807) is 23.1 Å². The summed E-state index contributed by atoms with van der Waals surface area (Å²) in [7, 11) is 0. The van der Waals surface area contributed by atoms with Gasteiger partial charge in [-0.1, -0.05) is 12.1 Å². The van der Waals surface area contributed by atoms with Crippen molar-refractivity contribution < 1.29 is 19.1 Å². The van der Waals surface area contributed by atoms with E-state index in [0.717, 1.165) is 16.8 Å². The van der Waals surface area contributed by atoms with Crippen molar-refractivity contribution in [2.45, 2.75) is 34.1 Å². The molecule has 1 aliphatic heterocycles. The molecule has 29 heavy (non-hydrogen) atoms. The van der Waals surface area contributed by atoms with E-state index in [-0.39, 0.29) is 18.2 Å². The third kappa shape index (κ3) is 4.53. The van der Waals surface area contributed by atoms with Crippen molar-refractivity contribution >= 4 is 23.2 Å². The molecule has 1 fully saturated rings. The van der Waals surface area contributed by atoms with Crippen molar-refractivity contribution in [1.29, 1.82) is 0 Å². The molecule has 6 heteroatoms. The fraction of sp³-hybridized carbons (Fsp3) is 0.391. The van der Waals surface area contributed by atoms with Gasteiger partial charge in [-0.2, -0.15) is 0 Å². The highest BCUT2D eigenvalue weighted by Gasteiger charge is 2.35. The fourth-order valence-corrected chi connectivity index (χ4v) is 3.52. The predicted octanol–water partition coefficient (Wildman–Crippen LogP) is 4.09. The van der Waals surface area contributed by atoms with Crippen LogP contribution in [0.15, 0.2) is 36.4 Å². The third-order valence-corrected chi connectivity index (χ3v) is 5.17. The summed E-state index contributed by atoms with van der Waals surface area (Å²) >= 11 is 0. The van der Waals surface area contributed by atoms with E-state index in [1.807, 2.05) is 45.9 Å². The molecule has 1 N–H and O–H groups in total. The number of aryl methyl sites for hydroxylation is 1. The summed E-state index contributed by atoms with van der Waals surface area (Å²) in [5.41, 5.74) is 3.69. The molecule has 2 aromatic carbocycles. The van der Waals surface area contributed by atoms with Crippen LogP contribution in [0.4, 0.5) is 11.4 Å². The molecular formula is C23H28N2O4. The number of ether oxygens (including phenoxy) is 2. The Kier molecular flexibility index (Phi) is 6.42. The smallest absolute Gasteiger partial charge is 0.229 e. The predicted molar refractivity (Wildman–Crippen MR) is 114 cm³/mol. The van der Waals surface area contributed by atoms with Gasteiger partial charge >= 0.3 is 0 Å². The maximum atomic E-state index is 12.8. The Labute approximate surface area is 171 Å². The number of rotatable bonds is 7. The van der Waals surface area contributed by atoms with E-state index in [1.165, 1.54) is 0 Å². The number of hydrogen-bond donors (Lipinski definition) is 1. The van der Waals surface area contributed by atoms with Crippen molar-refractivity contribution in [1.82, 2.24) is 0 Å². The Morgan fingerprint density at radius 2 is 1.83 bits per heavy atom. The highest BCUT2D eigenvalue weighted by molar-refractivity contribution is 6.04. The van der Waals surface area contributed by atoms with E-state index < -0.39 is 5.92 Å². The summed E-state index contributed by atoms with van der Waals surface area (Å²) in [6, 6.07) is 11.2. The number of amides is 2. The average molecular weight is 396 g/mol. The maximum absolute atomic E-state index is 12.8. The van der Waals surface area contributed by atoms with Crippen LogP contribution in [0, 0.1) is 19.8 Å². The monoisotopic (exact) mass is 396 g/mol. The Morgan fingerprint density at radius 3 is 2.55 bits per heavy atom. The highest BCUT2D eigenvalue weighted by Crippen LogP contribution is 2.32. The third-order valence-electron chi connectivity index (χ3n) is 5.17. The Morgan fingerprint density at radius 1 is 1.10 bits per heavy atom. The van der Waals surface area contributed by atoms with E-state index in [2.05, 4.69) is 5.32 Å². The van der Waals surface area contributed by atoms with E-state index in [9.17, 15) is 9.59 Å². The summed E-state index contributed by atoms with van der Waals surface area (Å²) in [6.07, 6.45) is 0.203. The first-order chi connectivity index (χ1) is 13.9. The van der Waals surface area contributed by atoms with Gasteiger partial charge in [0.2, 0.25) is 11.8 Å². The lowest BCUT2D eigenvalue weighted by Crippen LogP contribution is -2.28. The van der Waals surface area contributed by atoms with Crippen molar-refractivity contribution in [3.05, 3.63) is 47.5 Å². The molecule has 2 aromatic rings. The van der Waals surface area contributed by atoms with Gasteiger partial charge in [-0.3, -0.25) is 9.59 Å². The summed E-state index contributed by atoms with van der Waals surface area (Å²) in [4.78, 5) is 27.1. The Bertz CT molecular complexity index is 910. The average Bonchev–Trinajstić information content (AvgIpc) is 3.08. The Hall–Kier alpha value is -3.02. The molecular weight excluding hydrogens is 368 g/mol. The van der Waals surface area contributed by atoms with Gasteiger partial charge in [0, 0.05) is 30.4 Å². The van der Waals surface area contributed by atoms with Gasteiger partial charge in [0.25, 0.3) is 0 Å². The van der Waals surface area contributed by atoms with E-state index in [0.29, 0.717) is 36.9 Å². The number of anilines is 2. The van der Waals surface area contributed by atoms with Crippen molar-refractivity contribution in [3.63, 3.8) is 0 Å². The second-order valence-corrected chi connectivity index (χ2v) is 7.14. The van der Waals surface area contributed by atoms with Crippen LogP contribution >= 0.6 is 0 Å². The van der Waals surface area contributed by atoms with Gasteiger partial charge in [0.05, 0.1) is 19.1 Å². The molecule has 0 bridgehead atoms. The first kappa shape index (κ1) is 20.7. The van der Waals surface area contributed by atoms with Gasteiger partial charge in [-0.15, -0.1) is 0 Å². The molecule has 154 valence electrons. The molecule has 1 saturated heterocycles. The van der Waals surface area contributed by atoms with Crippen LogP contribution in [-0.2, 0) is 9.59 Å². The number of carbonyl (C=O) groups excluding carboxylic acids is 2. The topological polar surface area (TPSA) is 67.9 Å². The number of nitrogens with one attached hydrogen (secondary N) is 1. The van der Waals surface area contributed by atoms with Gasteiger partial charge in [0.15, 0.2) is 11.5 Å². The van der Waals surface area contributed by atoms with Crippen molar-refractivity contribution in [3.8, 4) is 11.5 Å². The standard InChI is InChI=1S/C23H28N2O4/c1-5-28-20-11-10-18(13-21(20)29-6-2)24-23(27)17-12-22(26)25(14-17)19-9-7-8-15(3)16(19)4/h7-11,13,17H,5-6,12,14H2,1-4H3,(H,24,27). The lowest BCUT2D eigenvalue weighted by atomic mass is 10.1.